The van der Waals surface area contributed by atoms with Crippen LogP contribution >= 0.6 is 0 Å². The van der Waals surface area contributed by atoms with E-state index in [1.54, 1.807) is 32.7 Å². The average Bonchev–Trinajstić information content (AvgIpc) is 3.58. The van der Waals surface area contributed by atoms with E-state index >= 15 is 0 Å². The first-order chi connectivity index (χ1) is 24.8. The number of halogens is 4. The molecule has 4 aromatic rings. The third-order valence-corrected chi connectivity index (χ3v) is 8.42. The number of benzene rings is 3. The Kier molecular flexibility index (Phi) is 6.43. The lowest BCUT2D eigenvalue weighted by Crippen LogP contribution is -2.38. The van der Waals surface area contributed by atoms with E-state index in [1.165, 1.54) is 19.3 Å². The van der Waals surface area contributed by atoms with Crippen LogP contribution in [0.1, 0.15) is 54.4 Å². The Labute approximate surface area is 278 Å². The van der Waals surface area contributed by atoms with E-state index in [0.717, 1.165) is 24.6 Å². The molecule has 0 bridgehead atoms. The molecule has 1 saturated heterocycles. The third-order valence-electron chi connectivity index (χ3n) is 8.42. The first kappa shape index (κ1) is 26.0. The van der Waals surface area contributed by atoms with Gasteiger partial charge in [-0.1, -0.05) is 6.07 Å². The van der Waals surface area contributed by atoms with Crippen LogP contribution in [0.15, 0.2) is 53.6 Å². The molecule has 3 aliphatic rings. The molecule has 252 valence electrons. The number of fused-ring (bicyclic) bond motifs is 2. The number of aromatic carboxylic acids is 1. The molecule has 48 heavy (non-hydrogen) atoms. The molecule has 1 N–H and O–H groups in total. The molecule has 1 aromatic heterocycles. The number of hydrazone groups is 1. The maximum atomic E-state index is 15.0. The van der Waals surface area contributed by atoms with Gasteiger partial charge in [-0.3, -0.25) is 5.01 Å². The summed E-state index contributed by atoms with van der Waals surface area (Å²) < 4.78 is 118. The number of nitrogens with zero attached hydrogens (tertiary/aromatic N) is 5. The SMILES string of the molecule is [2H]C([2H])([2H])C([2H])([2H])Oc1cc(C(=O)O)cc2c1nc(CN1CCN(c3cccc4c3O[C@@](C)(c3ccc(C(F)(F)F)cc3F)O4)C=N1)n2C[C@@H]1CCO1. The second kappa shape index (κ2) is 11.9. The molecule has 1 fully saturated rings. The topological polar surface area (TPSA) is 111 Å². The minimum absolute atomic E-state index is 0.0598. The Morgan fingerprint density at radius 2 is 2.04 bits per heavy atom. The van der Waals surface area contributed by atoms with Crippen molar-refractivity contribution < 1.29 is 53.3 Å². The second-order valence-electron chi connectivity index (χ2n) is 11.5. The Morgan fingerprint density at radius 1 is 1.21 bits per heavy atom. The third kappa shape index (κ3) is 5.71. The summed E-state index contributed by atoms with van der Waals surface area (Å²) in [7, 11) is 0. The number of hydrogen-bond donors (Lipinski definition) is 1. The lowest BCUT2D eigenvalue weighted by atomic mass is 10.0. The van der Waals surface area contributed by atoms with E-state index < -0.39 is 42.7 Å². The van der Waals surface area contributed by atoms with E-state index in [-0.39, 0.29) is 58.6 Å². The summed E-state index contributed by atoms with van der Waals surface area (Å²) in [5.41, 5.74) is -0.790. The summed E-state index contributed by atoms with van der Waals surface area (Å²) in [4.78, 5) is 18.5. The van der Waals surface area contributed by atoms with E-state index in [2.05, 4.69) is 10.1 Å². The van der Waals surface area contributed by atoms with Crippen LogP contribution in [0.2, 0.25) is 0 Å². The van der Waals surface area contributed by atoms with Crippen LogP contribution in [-0.2, 0) is 29.8 Å². The predicted octanol–water partition coefficient (Wildman–Crippen LogP) is 5.99. The van der Waals surface area contributed by atoms with Gasteiger partial charge >= 0.3 is 12.1 Å². The zero-order valence-corrected chi connectivity index (χ0v) is 25.3. The Hall–Kier alpha value is -5.05. The maximum absolute atomic E-state index is 15.0. The number of alkyl halides is 3. The lowest BCUT2D eigenvalue weighted by molar-refractivity contribution is -0.138. The van der Waals surface area contributed by atoms with Crippen molar-refractivity contribution in [3.8, 4) is 17.2 Å². The number of carboxylic acids is 1. The molecule has 0 saturated carbocycles. The minimum Gasteiger partial charge on any atom is -0.492 e. The van der Waals surface area contributed by atoms with Gasteiger partial charge in [0.05, 0.1) is 62.9 Å². The van der Waals surface area contributed by atoms with Crippen molar-refractivity contribution in [1.29, 1.82) is 0 Å². The number of rotatable bonds is 9. The highest BCUT2D eigenvalue weighted by molar-refractivity contribution is 5.95. The number of aromatic nitrogens is 2. The summed E-state index contributed by atoms with van der Waals surface area (Å²) in [6.45, 7) is -3.37. The number of anilines is 1. The summed E-state index contributed by atoms with van der Waals surface area (Å²) >= 11 is 0. The van der Waals surface area contributed by atoms with Crippen LogP contribution < -0.4 is 19.1 Å². The van der Waals surface area contributed by atoms with Crippen molar-refractivity contribution in [2.45, 2.75) is 51.4 Å². The van der Waals surface area contributed by atoms with Gasteiger partial charge in [0, 0.05) is 24.2 Å². The summed E-state index contributed by atoms with van der Waals surface area (Å²) in [6, 6.07) is 9.51. The fraction of sp³-hybridized carbons (Fsp3) is 0.364. The van der Waals surface area contributed by atoms with Crippen LogP contribution in [0.4, 0.5) is 23.2 Å². The Balaban J connectivity index is 1.16. The van der Waals surface area contributed by atoms with Crippen molar-refractivity contribution in [2.75, 3.05) is 31.2 Å². The van der Waals surface area contributed by atoms with Gasteiger partial charge in [-0.2, -0.15) is 18.3 Å². The molecule has 2 atom stereocenters. The number of para-hydroxylation sites is 1. The van der Waals surface area contributed by atoms with E-state index in [9.17, 15) is 27.5 Å². The quantitative estimate of drug-likeness (QED) is 0.214. The monoisotopic (exact) mass is 674 g/mol. The van der Waals surface area contributed by atoms with Gasteiger partial charge in [0.15, 0.2) is 11.5 Å². The molecular formula is C33H31F4N5O6. The van der Waals surface area contributed by atoms with Gasteiger partial charge < -0.3 is 33.5 Å². The van der Waals surface area contributed by atoms with Gasteiger partial charge in [-0.05, 0) is 55.7 Å². The van der Waals surface area contributed by atoms with Gasteiger partial charge in [-0.25, -0.2) is 14.2 Å². The molecule has 4 heterocycles. The Bertz CT molecular complexity index is 2130. The van der Waals surface area contributed by atoms with Crippen molar-refractivity contribution in [3.63, 3.8) is 0 Å². The van der Waals surface area contributed by atoms with Gasteiger partial charge in [-0.15, -0.1) is 0 Å². The molecular weight excluding hydrogens is 638 g/mol. The zero-order valence-electron chi connectivity index (χ0n) is 30.3. The van der Waals surface area contributed by atoms with E-state index in [1.807, 2.05) is 0 Å². The maximum Gasteiger partial charge on any atom is 0.416 e. The Morgan fingerprint density at radius 3 is 2.71 bits per heavy atom. The molecule has 15 heteroatoms. The van der Waals surface area contributed by atoms with Gasteiger partial charge in [0.2, 0.25) is 0 Å². The predicted molar refractivity (Wildman–Crippen MR) is 165 cm³/mol. The summed E-state index contributed by atoms with van der Waals surface area (Å²) in [5, 5.41) is 16.1. The fourth-order valence-electron chi connectivity index (χ4n) is 5.90. The summed E-state index contributed by atoms with van der Waals surface area (Å²) in [6.07, 6.45) is -2.69. The first-order valence-electron chi connectivity index (χ1n) is 17.3. The van der Waals surface area contributed by atoms with Crippen LogP contribution in [0.3, 0.4) is 0 Å². The number of carboxylic acid groups (broad SMARTS) is 1. The number of carbonyl (C=O) groups is 1. The molecule has 0 aliphatic carbocycles. The highest BCUT2D eigenvalue weighted by atomic mass is 19.4. The molecule has 0 radical (unpaired) electrons. The highest BCUT2D eigenvalue weighted by Gasteiger charge is 2.44. The van der Waals surface area contributed by atoms with Crippen LogP contribution in [0.25, 0.3) is 11.0 Å². The number of hydrogen-bond acceptors (Lipinski definition) is 9. The van der Waals surface area contributed by atoms with Crippen molar-refractivity contribution in [1.82, 2.24) is 14.6 Å². The zero-order chi connectivity index (χ0) is 38.1. The van der Waals surface area contributed by atoms with Crippen LogP contribution in [-0.4, -0.2) is 64.3 Å². The number of ether oxygens (including phenoxy) is 4. The van der Waals surface area contributed by atoms with Crippen LogP contribution in [0.5, 0.6) is 17.2 Å². The van der Waals surface area contributed by atoms with Crippen LogP contribution in [0, 0.1) is 5.82 Å². The normalized spacial score (nSPS) is 22.4. The highest BCUT2D eigenvalue weighted by Crippen LogP contribution is 2.50. The number of imidazole rings is 1. The lowest BCUT2D eigenvalue weighted by Gasteiger charge is -2.31. The smallest absolute Gasteiger partial charge is 0.416 e. The second-order valence-corrected chi connectivity index (χ2v) is 11.5. The average molecular weight is 675 g/mol. The molecule has 11 nitrogen and oxygen atoms in total. The minimum atomic E-state index is -4.73. The first-order valence-corrected chi connectivity index (χ1v) is 14.8. The van der Waals surface area contributed by atoms with Gasteiger partial charge in [0.1, 0.15) is 29.2 Å². The largest absolute Gasteiger partial charge is 0.492 e. The standard InChI is InChI=1S/C33H31F4N5O6/c1-3-45-27-14-19(31(43)44)13-25-29(27)39-28(42(25)16-21-9-12-46-21)17-41-11-10-40(18-38-41)24-5-4-6-26-30(24)48-32(2,47-26)22-8-7-20(15-23(22)34)33(35,36)37/h4-8,13-15,18,21H,3,9-12,16-17H2,1-2H3,(H,43,44)/t21-,32-/m0/s1/i1D3,3D2. The van der Waals surface area contributed by atoms with Crippen molar-refractivity contribution >= 4 is 29.0 Å². The van der Waals surface area contributed by atoms with Crippen molar-refractivity contribution in [3.05, 3.63) is 76.9 Å². The molecule has 0 amide bonds. The molecule has 3 aromatic carbocycles. The fourth-order valence-corrected chi connectivity index (χ4v) is 5.90. The van der Waals surface area contributed by atoms with Crippen molar-refractivity contribution in [2.24, 2.45) is 5.10 Å². The summed E-state index contributed by atoms with van der Waals surface area (Å²) in [5.74, 6) is -3.73. The molecule has 7 rings (SSSR count). The molecule has 3 aliphatic heterocycles. The van der Waals surface area contributed by atoms with Gasteiger partial charge in [0.25, 0.3) is 5.79 Å². The molecule has 0 unspecified atom stereocenters. The van der Waals surface area contributed by atoms with E-state index in [0.29, 0.717) is 37.3 Å². The van der Waals surface area contributed by atoms with E-state index in [4.69, 9.17) is 25.8 Å². The molecule has 0 spiro atoms.